The quantitative estimate of drug-likeness (QED) is 0.0290. The third-order valence-corrected chi connectivity index (χ3v) is 9.18. The van der Waals surface area contributed by atoms with E-state index in [1.165, 1.54) is 38.5 Å². The van der Waals surface area contributed by atoms with E-state index in [4.69, 9.17) is 9.47 Å². The maximum absolute atomic E-state index is 12.3. The molecule has 8 nitrogen and oxygen atoms in total. The summed E-state index contributed by atoms with van der Waals surface area (Å²) in [6.45, 7) is 3.08. The highest BCUT2D eigenvalue weighted by Gasteiger charge is 2.33. The minimum absolute atomic E-state index is 0.196. The molecule has 0 aliphatic heterocycles. The fourth-order valence-corrected chi connectivity index (χ4v) is 5.60. The van der Waals surface area contributed by atoms with Gasteiger partial charge in [-0.2, -0.15) is 0 Å². The van der Waals surface area contributed by atoms with Crippen LogP contribution in [0, 0.1) is 5.41 Å². The monoisotopic (exact) mass is 697 g/mol. The number of carbonyl (C=O) groups excluding carboxylic acids is 2. The molecule has 0 aliphatic carbocycles. The number of ether oxygens (including phenoxy) is 2. The zero-order valence-corrected chi connectivity index (χ0v) is 31.6. The van der Waals surface area contributed by atoms with Gasteiger partial charge in [-0.3, -0.25) is 9.59 Å². The van der Waals surface area contributed by atoms with Gasteiger partial charge in [-0.25, -0.2) is 0 Å². The van der Waals surface area contributed by atoms with Crippen LogP contribution in [0.3, 0.4) is 0 Å². The van der Waals surface area contributed by atoms with Crippen LogP contribution in [0.25, 0.3) is 0 Å². The van der Waals surface area contributed by atoms with Crippen molar-refractivity contribution in [3.05, 3.63) is 24.3 Å². The summed E-state index contributed by atoms with van der Waals surface area (Å²) in [4.78, 5) is 24.5. The van der Waals surface area contributed by atoms with Crippen LogP contribution in [-0.4, -0.2) is 71.0 Å². The minimum atomic E-state index is -1.21. The number of aliphatic hydroxyl groups is 4. The Bertz CT molecular complexity index is 745. The van der Waals surface area contributed by atoms with Crippen LogP contribution in [0.1, 0.15) is 181 Å². The molecule has 0 aromatic rings. The number of aliphatic hydroxyl groups excluding tert-OH is 4. The molecule has 0 aliphatic rings. The smallest absolute Gasteiger partial charge is 0.305 e. The van der Waals surface area contributed by atoms with Crippen LogP contribution in [0.15, 0.2) is 24.3 Å². The maximum atomic E-state index is 12.3. The average Bonchev–Trinajstić information content (AvgIpc) is 3.10. The third-order valence-electron chi connectivity index (χ3n) is 9.18. The van der Waals surface area contributed by atoms with Crippen molar-refractivity contribution >= 4 is 11.9 Å². The normalized spacial score (nSPS) is 13.3. The van der Waals surface area contributed by atoms with E-state index in [2.05, 4.69) is 38.2 Å². The molecule has 8 heteroatoms. The van der Waals surface area contributed by atoms with Gasteiger partial charge in [0.15, 0.2) is 0 Å². The summed E-state index contributed by atoms with van der Waals surface area (Å²) in [5.41, 5.74) is -1.21. The van der Waals surface area contributed by atoms with Gasteiger partial charge in [0.25, 0.3) is 0 Å². The Balaban J connectivity index is 3.89. The Kier molecular flexibility index (Phi) is 33.5. The second kappa shape index (κ2) is 34.7. The van der Waals surface area contributed by atoms with E-state index in [0.29, 0.717) is 0 Å². The molecule has 0 rings (SSSR count). The number of esters is 2. The highest BCUT2D eigenvalue weighted by molar-refractivity contribution is 5.69. The molecule has 0 fully saturated rings. The topological polar surface area (TPSA) is 134 Å². The summed E-state index contributed by atoms with van der Waals surface area (Å²) < 4.78 is 10.7. The number of carbonyl (C=O) groups is 2. The minimum Gasteiger partial charge on any atom is -0.465 e. The van der Waals surface area contributed by atoms with Gasteiger partial charge in [-0.1, -0.05) is 128 Å². The van der Waals surface area contributed by atoms with Crippen molar-refractivity contribution in [3.63, 3.8) is 0 Å². The number of unbranched alkanes of at least 4 members (excludes halogenated alkanes) is 16. The average molecular weight is 697 g/mol. The molecular weight excluding hydrogens is 620 g/mol. The van der Waals surface area contributed by atoms with Gasteiger partial charge in [0.2, 0.25) is 0 Å². The Morgan fingerprint density at radius 3 is 1.29 bits per heavy atom. The summed E-state index contributed by atoms with van der Waals surface area (Å²) in [5, 5.41) is 39.8. The van der Waals surface area contributed by atoms with Crippen molar-refractivity contribution in [2.45, 2.75) is 193 Å². The van der Waals surface area contributed by atoms with E-state index in [9.17, 15) is 30.0 Å². The molecule has 0 spiro atoms. The second-order valence-corrected chi connectivity index (χ2v) is 14.2. The van der Waals surface area contributed by atoms with Crippen molar-refractivity contribution in [1.82, 2.24) is 0 Å². The molecule has 2 atom stereocenters. The lowest BCUT2D eigenvalue weighted by molar-refractivity contribution is -0.159. The van der Waals surface area contributed by atoms with E-state index in [1.807, 2.05) is 0 Å². The molecule has 0 unspecified atom stereocenters. The van der Waals surface area contributed by atoms with Gasteiger partial charge < -0.3 is 29.9 Å². The van der Waals surface area contributed by atoms with E-state index in [0.717, 1.165) is 116 Å². The largest absolute Gasteiger partial charge is 0.465 e. The number of rotatable bonds is 36. The van der Waals surface area contributed by atoms with Gasteiger partial charge in [-0.15, -0.1) is 0 Å². The van der Waals surface area contributed by atoms with Gasteiger partial charge >= 0.3 is 11.9 Å². The van der Waals surface area contributed by atoms with Crippen LogP contribution >= 0.6 is 0 Å². The number of hydrogen-bond acceptors (Lipinski definition) is 8. The zero-order valence-electron chi connectivity index (χ0n) is 31.6. The Labute approximate surface area is 300 Å². The number of hydrogen-bond donors (Lipinski definition) is 4. The first-order valence-electron chi connectivity index (χ1n) is 20.0. The number of allylic oxidation sites excluding steroid dienone is 2. The first kappa shape index (κ1) is 47.3. The summed E-state index contributed by atoms with van der Waals surface area (Å²) >= 11 is 0. The maximum Gasteiger partial charge on any atom is 0.305 e. The molecule has 0 aromatic heterocycles. The zero-order chi connectivity index (χ0) is 36.3. The van der Waals surface area contributed by atoms with Gasteiger partial charge in [0, 0.05) is 12.8 Å². The first-order valence-corrected chi connectivity index (χ1v) is 20.0. The van der Waals surface area contributed by atoms with Crippen molar-refractivity contribution in [2.24, 2.45) is 5.41 Å². The lowest BCUT2D eigenvalue weighted by Gasteiger charge is -2.28. The SMILES string of the molecule is CCCCCC[C@@H](O)C/C=C/CCCCCCCC(=O)OCC(CO)(CO)COC(=O)CCCCCCC/C=C/C[C@H](O)CCCCCC. The molecule has 0 saturated carbocycles. The van der Waals surface area contributed by atoms with Crippen LogP contribution in [0.5, 0.6) is 0 Å². The van der Waals surface area contributed by atoms with Crippen molar-refractivity contribution in [2.75, 3.05) is 26.4 Å². The Hall–Kier alpha value is -1.74. The second-order valence-electron chi connectivity index (χ2n) is 14.2. The van der Waals surface area contributed by atoms with E-state index in [1.54, 1.807) is 0 Å². The molecule has 288 valence electrons. The predicted molar refractivity (Wildman–Crippen MR) is 200 cm³/mol. The first-order chi connectivity index (χ1) is 23.8. The lowest BCUT2D eigenvalue weighted by atomic mass is 9.92. The highest BCUT2D eigenvalue weighted by atomic mass is 16.5. The summed E-state index contributed by atoms with van der Waals surface area (Å²) in [5.74, 6) is -0.751. The summed E-state index contributed by atoms with van der Waals surface area (Å²) in [7, 11) is 0. The van der Waals surface area contributed by atoms with E-state index < -0.39 is 18.6 Å². The predicted octanol–water partition coefficient (Wildman–Crippen LogP) is 9.06. The molecule has 4 N–H and O–H groups in total. The lowest BCUT2D eigenvalue weighted by Crippen LogP contribution is -2.41. The van der Waals surface area contributed by atoms with Gasteiger partial charge in [0.1, 0.15) is 13.2 Å². The molecule has 49 heavy (non-hydrogen) atoms. The molecule has 0 heterocycles. The van der Waals surface area contributed by atoms with Crippen molar-refractivity contribution < 1.29 is 39.5 Å². The van der Waals surface area contributed by atoms with E-state index in [-0.39, 0.29) is 50.2 Å². The fraction of sp³-hybridized carbons (Fsp3) is 0.854. The Morgan fingerprint density at radius 1 is 0.531 bits per heavy atom. The molecule has 0 saturated heterocycles. The van der Waals surface area contributed by atoms with Crippen LogP contribution in [-0.2, 0) is 19.1 Å². The molecular formula is C41H76O8. The van der Waals surface area contributed by atoms with Gasteiger partial charge in [-0.05, 0) is 64.2 Å². The summed E-state index contributed by atoms with van der Waals surface area (Å²) in [6, 6.07) is 0. The third kappa shape index (κ3) is 30.8. The standard InChI is InChI=1S/C41H76O8/c1-3-5-7-21-27-37(44)29-23-17-13-9-11-15-19-25-31-39(46)48-35-41(33-42,34-43)36-49-40(47)32-26-20-16-12-10-14-18-24-30-38(45)28-22-8-6-4-2/h17-18,23-24,37-38,42-45H,3-16,19-22,25-36H2,1-2H3/b23-17+,24-18+/t37-,38-/m1/s1. The van der Waals surface area contributed by atoms with Crippen LogP contribution in [0.4, 0.5) is 0 Å². The molecule has 0 radical (unpaired) electrons. The molecule has 0 amide bonds. The van der Waals surface area contributed by atoms with E-state index >= 15 is 0 Å². The molecule has 0 aromatic carbocycles. The molecule has 0 bridgehead atoms. The van der Waals surface area contributed by atoms with Crippen LogP contribution in [0.2, 0.25) is 0 Å². The van der Waals surface area contributed by atoms with Crippen molar-refractivity contribution in [3.8, 4) is 0 Å². The summed E-state index contributed by atoms with van der Waals surface area (Å²) in [6.07, 6.45) is 33.1. The highest BCUT2D eigenvalue weighted by Crippen LogP contribution is 2.19. The van der Waals surface area contributed by atoms with Crippen molar-refractivity contribution in [1.29, 1.82) is 0 Å². The van der Waals surface area contributed by atoms with Crippen LogP contribution < -0.4 is 0 Å². The Morgan fingerprint density at radius 2 is 0.898 bits per heavy atom. The fourth-order valence-electron chi connectivity index (χ4n) is 5.60. The van der Waals surface area contributed by atoms with Gasteiger partial charge in [0.05, 0.1) is 30.8 Å².